The minimum absolute atomic E-state index is 0.219. The Morgan fingerprint density at radius 1 is 0.385 bits per heavy atom. The van der Waals surface area contributed by atoms with Gasteiger partial charge in [-0.3, -0.25) is 4.98 Å². The smallest absolute Gasteiger partial charge is 0.123 e. The molecule has 0 bridgehead atoms. The first kappa shape index (κ1) is 23.1. The highest BCUT2D eigenvalue weighted by atomic mass is 19.1. The Kier molecular flexibility index (Phi) is 5.71. The summed E-state index contributed by atoms with van der Waals surface area (Å²) in [5.74, 6) is -0.219. The van der Waals surface area contributed by atoms with E-state index in [4.69, 9.17) is 0 Å². The minimum Gasteiger partial charge on any atom is -0.256 e. The lowest BCUT2D eigenvalue weighted by molar-refractivity contribution is 0.628. The Hall–Kier alpha value is -5.08. The van der Waals surface area contributed by atoms with Gasteiger partial charge in [-0.2, -0.15) is 0 Å². The molecule has 7 aromatic rings. The summed E-state index contributed by atoms with van der Waals surface area (Å²) in [4.78, 5) is 4.62. The number of benzene rings is 6. The van der Waals surface area contributed by atoms with E-state index in [0.29, 0.717) is 0 Å². The van der Waals surface area contributed by atoms with Crippen LogP contribution in [0.15, 0.2) is 146 Å². The number of pyridine rings is 1. The van der Waals surface area contributed by atoms with Crippen molar-refractivity contribution in [2.45, 2.75) is 0 Å². The third-order valence-corrected chi connectivity index (χ3v) is 7.40. The third kappa shape index (κ3) is 4.47. The molecule has 0 aliphatic carbocycles. The van der Waals surface area contributed by atoms with E-state index in [1.54, 1.807) is 0 Å². The minimum atomic E-state index is -0.219. The van der Waals surface area contributed by atoms with Crippen molar-refractivity contribution >= 4 is 21.7 Å². The summed E-state index contributed by atoms with van der Waals surface area (Å²) < 4.78 is 13.3. The van der Waals surface area contributed by atoms with Crippen LogP contribution in [0.2, 0.25) is 0 Å². The van der Waals surface area contributed by atoms with E-state index in [1.807, 2.05) is 24.4 Å². The molecule has 0 N–H and O–H groups in total. The molecule has 6 aromatic carbocycles. The van der Waals surface area contributed by atoms with Gasteiger partial charge in [0.25, 0.3) is 0 Å². The van der Waals surface area contributed by atoms with E-state index in [2.05, 4.69) is 114 Å². The summed E-state index contributed by atoms with van der Waals surface area (Å²) in [6.45, 7) is 0. The number of para-hydroxylation sites is 1. The molecule has 0 aliphatic rings. The molecule has 39 heavy (non-hydrogen) atoms. The van der Waals surface area contributed by atoms with Gasteiger partial charge in [-0.05, 0) is 80.0 Å². The van der Waals surface area contributed by atoms with Crippen molar-refractivity contribution in [1.29, 1.82) is 0 Å². The maximum atomic E-state index is 13.3. The number of hydrogen-bond donors (Lipinski definition) is 0. The molecule has 0 unspecified atom stereocenters. The molecule has 0 saturated heterocycles. The average Bonchev–Trinajstić information content (AvgIpc) is 3.01. The lowest BCUT2D eigenvalue weighted by atomic mass is 9.95. The molecule has 0 amide bonds. The number of hydrogen-bond acceptors (Lipinski definition) is 1. The SMILES string of the molecule is Fc1ccc(-c2ccc(-c3ccc4ccc(-c5ccc(-c6cccc7cccnc67)cc5)cc4c3)cc2)cc1. The molecular weight excluding hydrogens is 477 g/mol. The monoisotopic (exact) mass is 501 g/mol. The summed E-state index contributed by atoms with van der Waals surface area (Å²) in [5, 5.41) is 3.56. The first-order chi connectivity index (χ1) is 19.2. The topological polar surface area (TPSA) is 12.9 Å². The predicted octanol–water partition coefficient (Wildman–Crippen LogP) is 10.2. The van der Waals surface area contributed by atoms with Crippen molar-refractivity contribution in [3.8, 4) is 44.5 Å². The predicted molar refractivity (Wildman–Crippen MR) is 161 cm³/mol. The Morgan fingerprint density at radius 3 is 1.49 bits per heavy atom. The van der Waals surface area contributed by atoms with Gasteiger partial charge in [0.1, 0.15) is 5.82 Å². The van der Waals surface area contributed by atoms with Gasteiger partial charge in [0.15, 0.2) is 0 Å². The van der Waals surface area contributed by atoms with Gasteiger partial charge >= 0.3 is 0 Å². The fourth-order valence-corrected chi connectivity index (χ4v) is 5.28. The average molecular weight is 502 g/mol. The quantitative estimate of drug-likeness (QED) is 0.234. The van der Waals surface area contributed by atoms with E-state index >= 15 is 0 Å². The molecular formula is C37H24FN. The zero-order valence-electron chi connectivity index (χ0n) is 21.2. The molecule has 1 heterocycles. The third-order valence-electron chi connectivity index (χ3n) is 7.40. The fourth-order valence-electron chi connectivity index (χ4n) is 5.28. The van der Waals surface area contributed by atoms with Gasteiger partial charge in [-0.25, -0.2) is 4.39 Å². The molecule has 0 saturated carbocycles. The van der Waals surface area contributed by atoms with Crippen LogP contribution in [0.25, 0.3) is 66.2 Å². The van der Waals surface area contributed by atoms with Gasteiger partial charge in [-0.1, -0.05) is 109 Å². The van der Waals surface area contributed by atoms with E-state index in [0.717, 1.165) is 38.7 Å². The number of fused-ring (bicyclic) bond motifs is 2. The number of nitrogens with zero attached hydrogens (tertiary/aromatic N) is 1. The van der Waals surface area contributed by atoms with Gasteiger partial charge < -0.3 is 0 Å². The van der Waals surface area contributed by atoms with Crippen LogP contribution in [-0.4, -0.2) is 4.98 Å². The van der Waals surface area contributed by atoms with Crippen LogP contribution in [0.1, 0.15) is 0 Å². The van der Waals surface area contributed by atoms with Gasteiger partial charge in [-0.15, -0.1) is 0 Å². The van der Waals surface area contributed by atoms with E-state index < -0.39 is 0 Å². The molecule has 0 aliphatic heterocycles. The van der Waals surface area contributed by atoms with E-state index in [1.165, 1.54) is 39.6 Å². The van der Waals surface area contributed by atoms with E-state index in [9.17, 15) is 4.39 Å². The molecule has 0 fully saturated rings. The largest absolute Gasteiger partial charge is 0.256 e. The van der Waals surface area contributed by atoms with Crippen LogP contribution in [0.3, 0.4) is 0 Å². The van der Waals surface area contributed by atoms with Crippen LogP contribution in [0, 0.1) is 5.82 Å². The second-order valence-corrected chi connectivity index (χ2v) is 9.82. The maximum Gasteiger partial charge on any atom is 0.123 e. The van der Waals surface area contributed by atoms with Crippen LogP contribution < -0.4 is 0 Å². The number of aromatic nitrogens is 1. The van der Waals surface area contributed by atoms with Gasteiger partial charge in [0, 0.05) is 17.1 Å². The first-order valence-electron chi connectivity index (χ1n) is 13.1. The van der Waals surface area contributed by atoms with E-state index in [-0.39, 0.29) is 5.82 Å². The highest BCUT2D eigenvalue weighted by Gasteiger charge is 2.07. The lowest BCUT2D eigenvalue weighted by Gasteiger charge is -2.10. The van der Waals surface area contributed by atoms with Crippen molar-refractivity contribution in [2.75, 3.05) is 0 Å². The first-order valence-corrected chi connectivity index (χ1v) is 13.1. The zero-order valence-corrected chi connectivity index (χ0v) is 21.2. The van der Waals surface area contributed by atoms with Crippen LogP contribution in [0.5, 0.6) is 0 Å². The summed E-state index contributed by atoms with van der Waals surface area (Å²) in [7, 11) is 0. The Labute approximate surface area is 226 Å². The number of halogens is 1. The Bertz CT molecular complexity index is 1930. The molecule has 0 atom stereocenters. The molecule has 0 radical (unpaired) electrons. The van der Waals surface area contributed by atoms with Crippen molar-refractivity contribution in [1.82, 2.24) is 4.98 Å². The lowest BCUT2D eigenvalue weighted by Crippen LogP contribution is -1.85. The second-order valence-electron chi connectivity index (χ2n) is 9.82. The molecule has 2 heteroatoms. The van der Waals surface area contributed by atoms with Crippen LogP contribution >= 0.6 is 0 Å². The van der Waals surface area contributed by atoms with Gasteiger partial charge in [0.05, 0.1) is 5.52 Å². The molecule has 184 valence electrons. The summed E-state index contributed by atoms with van der Waals surface area (Å²) in [6.07, 6.45) is 1.85. The molecule has 7 rings (SSSR count). The van der Waals surface area contributed by atoms with Gasteiger partial charge in [0.2, 0.25) is 0 Å². The number of rotatable bonds is 4. The Balaban J connectivity index is 1.19. The fraction of sp³-hybridized carbons (Fsp3) is 0. The van der Waals surface area contributed by atoms with Crippen molar-refractivity contribution < 1.29 is 4.39 Å². The highest BCUT2D eigenvalue weighted by molar-refractivity contribution is 5.94. The maximum absolute atomic E-state index is 13.3. The molecule has 1 nitrogen and oxygen atoms in total. The van der Waals surface area contributed by atoms with Crippen molar-refractivity contribution in [3.63, 3.8) is 0 Å². The van der Waals surface area contributed by atoms with Crippen LogP contribution in [-0.2, 0) is 0 Å². The molecule has 0 spiro atoms. The summed E-state index contributed by atoms with van der Waals surface area (Å²) in [5.41, 5.74) is 10.1. The van der Waals surface area contributed by atoms with Crippen LogP contribution in [0.4, 0.5) is 4.39 Å². The summed E-state index contributed by atoms with van der Waals surface area (Å²) in [6, 6.07) is 47.5. The van der Waals surface area contributed by atoms with Crippen molar-refractivity contribution in [2.24, 2.45) is 0 Å². The summed E-state index contributed by atoms with van der Waals surface area (Å²) >= 11 is 0. The normalized spacial score (nSPS) is 11.2. The second kappa shape index (κ2) is 9.66. The molecule has 1 aromatic heterocycles. The zero-order chi connectivity index (χ0) is 26.2. The standard InChI is InChI=1S/C37H24FN/c38-35-20-18-26(19-21-35)25-6-8-27(9-7-25)32-16-12-29-13-17-33(24-34(29)23-32)28-10-14-30(15-11-28)36-5-1-3-31-4-2-22-39-37(31)36/h1-24H. The highest BCUT2D eigenvalue weighted by Crippen LogP contribution is 2.32. The Morgan fingerprint density at radius 2 is 0.872 bits per heavy atom. The van der Waals surface area contributed by atoms with Crippen molar-refractivity contribution in [3.05, 3.63) is 152 Å².